The predicted octanol–water partition coefficient (Wildman–Crippen LogP) is 3.77. The number of carbonyl (C=O) groups excluding carboxylic acids is 1. The number of nitrogens with two attached hydrogens (primary N) is 1. The SMILES string of the molecule is CCOC(=O)Cc1ccc(Nc2ccc(Cl)cc2N)cc1. The van der Waals surface area contributed by atoms with Gasteiger partial charge in [-0.25, -0.2) is 0 Å². The van der Waals surface area contributed by atoms with Gasteiger partial charge in [-0.3, -0.25) is 4.79 Å². The molecule has 0 radical (unpaired) electrons. The Bertz CT molecular complexity index is 627. The molecule has 0 unspecified atom stereocenters. The second-order valence-electron chi connectivity index (χ2n) is 4.54. The van der Waals surface area contributed by atoms with E-state index in [1.54, 1.807) is 19.1 Å². The van der Waals surface area contributed by atoms with Gasteiger partial charge in [0.2, 0.25) is 0 Å². The highest BCUT2D eigenvalue weighted by molar-refractivity contribution is 6.31. The van der Waals surface area contributed by atoms with E-state index in [1.807, 2.05) is 30.3 Å². The lowest BCUT2D eigenvalue weighted by Crippen LogP contribution is -2.07. The third kappa shape index (κ3) is 4.39. The van der Waals surface area contributed by atoms with Crippen molar-refractivity contribution in [3.8, 4) is 0 Å². The maximum Gasteiger partial charge on any atom is 0.310 e. The summed E-state index contributed by atoms with van der Waals surface area (Å²) in [6.45, 7) is 2.19. The van der Waals surface area contributed by atoms with Crippen molar-refractivity contribution in [2.75, 3.05) is 17.7 Å². The molecule has 0 aromatic heterocycles. The molecule has 0 spiro atoms. The first kappa shape index (κ1) is 15.2. The Kier molecular flexibility index (Phi) is 5.06. The number of carbonyl (C=O) groups is 1. The van der Waals surface area contributed by atoms with Crippen LogP contribution in [0.1, 0.15) is 12.5 Å². The fourth-order valence-electron chi connectivity index (χ4n) is 1.89. The molecule has 2 aromatic carbocycles. The van der Waals surface area contributed by atoms with Gasteiger partial charge in [-0.05, 0) is 42.8 Å². The number of nitrogen functional groups attached to an aromatic ring is 1. The summed E-state index contributed by atoms with van der Waals surface area (Å²) >= 11 is 5.86. The maximum atomic E-state index is 11.4. The fraction of sp³-hybridized carbons (Fsp3) is 0.188. The van der Waals surface area contributed by atoms with Gasteiger partial charge in [0, 0.05) is 10.7 Å². The Morgan fingerprint density at radius 1 is 1.24 bits per heavy atom. The molecule has 0 fully saturated rings. The van der Waals surface area contributed by atoms with E-state index in [9.17, 15) is 4.79 Å². The van der Waals surface area contributed by atoms with E-state index in [-0.39, 0.29) is 12.4 Å². The number of hydrogen-bond acceptors (Lipinski definition) is 4. The number of anilines is 3. The van der Waals surface area contributed by atoms with Gasteiger partial charge in [-0.15, -0.1) is 0 Å². The van der Waals surface area contributed by atoms with Crippen LogP contribution in [0, 0.1) is 0 Å². The Morgan fingerprint density at radius 2 is 1.95 bits per heavy atom. The second-order valence-corrected chi connectivity index (χ2v) is 4.97. The van der Waals surface area contributed by atoms with E-state index >= 15 is 0 Å². The summed E-state index contributed by atoms with van der Waals surface area (Å²) in [5.74, 6) is -0.222. The number of benzene rings is 2. The average Bonchev–Trinajstić information content (AvgIpc) is 2.44. The summed E-state index contributed by atoms with van der Waals surface area (Å²) in [5.41, 5.74) is 9.05. The Labute approximate surface area is 128 Å². The van der Waals surface area contributed by atoms with E-state index in [4.69, 9.17) is 22.1 Å². The maximum absolute atomic E-state index is 11.4. The van der Waals surface area contributed by atoms with Crippen LogP contribution >= 0.6 is 11.6 Å². The third-order valence-electron chi connectivity index (χ3n) is 2.90. The standard InChI is InChI=1S/C16H17ClN2O2/c1-2-21-16(20)9-11-3-6-13(7-4-11)19-15-8-5-12(17)10-14(15)18/h3-8,10,19H,2,9,18H2,1H3. The smallest absolute Gasteiger partial charge is 0.310 e. The van der Waals surface area contributed by atoms with Crippen molar-refractivity contribution >= 4 is 34.6 Å². The van der Waals surface area contributed by atoms with Gasteiger partial charge in [0.25, 0.3) is 0 Å². The molecule has 2 rings (SSSR count). The van der Waals surface area contributed by atoms with Crippen LogP contribution in [-0.2, 0) is 16.0 Å². The van der Waals surface area contributed by atoms with Crippen molar-refractivity contribution < 1.29 is 9.53 Å². The Hall–Kier alpha value is -2.20. The van der Waals surface area contributed by atoms with Crippen molar-refractivity contribution in [1.82, 2.24) is 0 Å². The minimum absolute atomic E-state index is 0.222. The molecule has 0 amide bonds. The van der Waals surface area contributed by atoms with Crippen LogP contribution in [0.25, 0.3) is 0 Å². The van der Waals surface area contributed by atoms with Gasteiger partial charge in [0.15, 0.2) is 0 Å². The molecule has 0 heterocycles. The van der Waals surface area contributed by atoms with Crippen molar-refractivity contribution in [1.29, 1.82) is 0 Å². The summed E-state index contributed by atoms with van der Waals surface area (Å²) in [6.07, 6.45) is 0.275. The van der Waals surface area contributed by atoms with E-state index in [2.05, 4.69) is 5.32 Å². The molecule has 0 saturated heterocycles. The Morgan fingerprint density at radius 3 is 2.57 bits per heavy atom. The lowest BCUT2D eigenvalue weighted by Gasteiger charge is -2.10. The molecular formula is C16H17ClN2O2. The number of esters is 1. The zero-order valence-electron chi connectivity index (χ0n) is 11.7. The number of rotatable bonds is 5. The minimum Gasteiger partial charge on any atom is -0.466 e. The lowest BCUT2D eigenvalue weighted by molar-refractivity contribution is -0.142. The molecule has 0 bridgehead atoms. The van der Waals surface area contributed by atoms with Gasteiger partial charge >= 0.3 is 5.97 Å². The van der Waals surface area contributed by atoms with Crippen molar-refractivity contribution in [2.45, 2.75) is 13.3 Å². The van der Waals surface area contributed by atoms with Gasteiger partial charge < -0.3 is 15.8 Å². The quantitative estimate of drug-likeness (QED) is 0.652. The predicted molar refractivity (Wildman–Crippen MR) is 85.9 cm³/mol. The van der Waals surface area contributed by atoms with Crippen LogP contribution in [0.3, 0.4) is 0 Å². The number of hydrogen-bond donors (Lipinski definition) is 2. The molecule has 21 heavy (non-hydrogen) atoms. The molecule has 0 atom stereocenters. The van der Waals surface area contributed by atoms with Crippen molar-refractivity contribution in [2.24, 2.45) is 0 Å². The van der Waals surface area contributed by atoms with Gasteiger partial charge in [0.05, 0.1) is 24.4 Å². The monoisotopic (exact) mass is 304 g/mol. The molecule has 5 heteroatoms. The van der Waals surface area contributed by atoms with Crippen LogP contribution in [-0.4, -0.2) is 12.6 Å². The van der Waals surface area contributed by atoms with Gasteiger partial charge in [-0.1, -0.05) is 23.7 Å². The molecule has 0 aliphatic heterocycles. The average molecular weight is 305 g/mol. The first-order valence-electron chi connectivity index (χ1n) is 6.65. The number of halogens is 1. The molecular weight excluding hydrogens is 288 g/mol. The van der Waals surface area contributed by atoms with E-state index in [1.165, 1.54) is 0 Å². The Balaban J connectivity index is 2.03. The summed E-state index contributed by atoms with van der Waals surface area (Å²) in [5, 5.41) is 3.81. The first-order valence-corrected chi connectivity index (χ1v) is 7.03. The van der Waals surface area contributed by atoms with Crippen molar-refractivity contribution in [3.63, 3.8) is 0 Å². The largest absolute Gasteiger partial charge is 0.466 e. The molecule has 4 nitrogen and oxygen atoms in total. The summed E-state index contributed by atoms with van der Waals surface area (Å²) in [6, 6.07) is 12.8. The highest BCUT2D eigenvalue weighted by Crippen LogP contribution is 2.26. The molecule has 0 saturated carbocycles. The first-order chi connectivity index (χ1) is 10.1. The van der Waals surface area contributed by atoms with Crippen LogP contribution < -0.4 is 11.1 Å². The van der Waals surface area contributed by atoms with Crippen LogP contribution in [0.2, 0.25) is 5.02 Å². The van der Waals surface area contributed by atoms with E-state index in [0.29, 0.717) is 17.3 Å². The summed E-state index contributed by atoms with van der Waals surface area (Å²) in [4.78, 5) is 11.4. The highest BCUT2D eigenvalue weighted by atomic mass is 35.5. The summed E-state index contributed by atoms with van der Waals surface area (Å²) in [7, 11) is 0. The summed E-state index contributed by atoms with van der Waals surface area (Å²) < 4.78 is 4.92. The molecule has 110 valence electrons. The fourth-order valence-corrected chi connectivity index (χ4v) is 2.07. The molecule has 3 N–H and O–H groups in total. The number of ether oxygens (including phenoxy) is 1. The molecule has 2 aromatic rings. The van der Waals surface area contributed by atoms with E-state index in [0.717, 1.165) is 16.9 Å². The van der Waals surface area contributed by atoms with Crippen LogP contribution in [0.5, 0.6) is 0 Å². The zero-order valence-corrected chi connectivity index (χ0v) is 12.5. The highest BCUT2D eigenvalue weighted by Gasteiger charge is 2.05. The van der Waals surface area contributed by atoms with Gasteiger partial charge in [-0.2, -0.15) is 0 Å². The second kappa shape index (κ2) is 6.99. The molecule has 0 aliphatic rings. The third-order valence-corrected chi connectivity index (χ3v) is 3.14. The minimum atomic E-state index is -0.222. The zero-order chi connectivity index (χ0) is 15.2. The van der Waals surface area contributed by atoms with Crippen LogP contribution in [0.4, 0.5) is 17.1 Å². The van der Waals surface area contributed by atoms with Gasteiger partial charge in [0.1, 0.15) is 0 Å². The molecule has 0 aliphatic carbocycles. The topological polar surface area (TPSA) is 64.3 Å². The van der Waals surface area contributed by atoms with Crippen molar-refractivity contribution in [3.05, 3.63) is 53.1 Å². The van der Waals surface area contributed by atoms with Crippen LogP contribution in [0.15, 0.2) is 42.5 Å². The lowest BCUT2D eigenvalue weighted by atomic mass is 10.1. The number of nitrogens with one attached hydrogen (secondary N) is 1. The normalized spacial score (nSPS) is 10.2. The van der Waals surface area contributed by atoms with E-state index < -0.39 is 0 Å².